The van der Waals surface area contributed by atoms with Crippen molar-refractivity contribution in [3.8, 4) is 0 Å². The second kappa shape index (κ2) is 11.5. The number of hydrogen-bond donors (Lipinski definition) is 2. The first-order valence-corrected chi connectivity index (χ1v) is 14.2. The maximum atomic E-state index is 13.1. The molecule has 1 fully saturated rings. The van der Waals surface area contributed by atoms with Crippen molar-refractivity contribution >= 4 is 57.6 Å². The number of likely N-dealkylation sites (N-methyl/N-ethyl adjacent to an activating group) is 1. The third-order valence-corrected chi connectivity index (χ3v) is 8.32. The molecule has 3 aromatic heterocycles. The largest absolute Gasteiger partial charge is 0.481 e. The molecule has 2 unspecified atom stereocenters. The molecule has 2 aromatic carbocycles. The van der Waals surface area contributed by atoms with Crippen molar-refractivity contribution < 1.29 is 23.9 Å². The van der Waals surface area contributed by atoms with E-state index in [1.54, 1.807) is 41.4 Å². The van der Waals surface area contributed by atoms with E-state index in [1.807, 2.05) is 60.0 Å². The normalized spacial score (nSPS) is 16.5. The Labute approximate surface area is 245 Å². The summed E-state index contributed by atoms with van der Waals surface area (Å²) in [6.07, 6.45) is 3.51. The van der Waals surface area contributed by atoms with Crippen molar-refractivity contribution in [3.05, 3.63) is 101 Å². The zero-order valence-electron chi connectivity index (χ0n) is 22.6. The van der Waals surface area contributed by atoms with E-state index in [2.05, 4.69) is 15.3 Å². The molecule has 1 aliphatic rings. The molecule has 11 heteroatoms. The lowest BCUT2D eigenvalue weighted by Gasteiger charge is -2.20. The van der Waals surface area contributed by atoms with Gasteiger partial charge < -0.3 is 24.6 Å². The van der Waals surface area contributed by atoms with Crippen LogP contribution in [0, 0.1) is 5.92 Å². The Kier molecular flexibility index (Phi) is 7.41. The van der Waals surface area contributed by atoms with Crippen LogP contribution in [-0.4, -0.2) is 57.9 Å². The van der Waals surface area contributed by atoms with E-state index in [0.29, 0.717) is 34.2 Å². The van der Waals surface area contributed by atoms with Crippen LogP contribution in [0.4, 0.5) is 17.4 Å². The number of fused-ring (bicyclic) bond motifs is 1. The maximum absolute atomic E-state index is 13.1. The molecule has 10 nitrogen and oxygen atoms in total. The number of thiophene rings is 1. The average molecular weight is 582 g/mol. The number of aromatic nitrogens is 2. The summed E-state index contributed by atoms with van der Waals surface area (Å²) < 4.78 is 5.83. The predicted molar refractivity (Wildman–Crippen MR) is 159 cm³/mol. The van der Waals surface area contributed by atoms with Gasteiger partial charge in [0, 0.05) is 37.9 Å². The number of likely N-dealkylation sites (tertiary alicyclic amines) is 1. The topological polar surface area (TPSA) is 129 Å². The van der Waals surface area contributed by atoms with Gasteiger partial charge in [0.2, 0.25) is 5.91 Å². The quantitative estimate of drug-likeness (QED) is 0.257. The molecule has 2 amide bonds. The van der Waals surface area contributed by atoms with Crippen LogP contribution in [0.5, 0.6) is 0 Å². The summed E-state index contributed by atoms with van der Waals surface area (Å²) in [5.74, 6) is -2.24. The third kappa shape index (κ3) is 5.59. The molecule has 2 atom stereocenters. The van der Waals surface area contributed by atoms with Crippen molar-refractivity contribution in [1.29, 1.82) is 0 Å². The van der Waals surface area contributed by atoms with Crippen molar-refractivity contribution in [3.63, 3.8) is 0 Å². The summed E-state index contributed by atoms with van der Waals surface area (Å²) in [4.78, 5) is 50.3. The highest BCUT2D eigenvalue weighted by Gasteiger charge is 2.40. The number of pyridine rings is 1. The summed E-state index contributed by atoms with van der Waals surface area (Å²) in [5.41, 5.74) is 4.27. The van der Waals surface area contributed by atoms with E-state index in [-0.39, 0.29) is 30.7 Å². The standard InChI is InChI=1S/C31H27N5O5S/c1-35(28(37)15-19-6-11-25-26(14-19)41-31(34-25)33-21-4-2-12-32-16-21)22-9-7-20(8-10-22)23-17-36(18-24(23)30(39)40)29(38)27-5-3-13-42-27/h2-14,16,23-24H,15,17-18H2,1H3,(H,33,34)(H,39,40). The Bertz CT molecular complexity index is 1740. The Hall–Kier alpha value is -5.03. The molecule has 1 aliphatic heterocycles. The minimum absolute atomic E-state index is 0.118. The molecule has 1 saturated heterocycles. The number of carboxylic acid groups (broad SMARTS) is 1. The zero-order valence-corrected chi connectivity index (χ0v) is 23.5. The summed E-state index contributed by atoms with van der Waals surface area (Å²) in [6.45, 7) is 0.485. The van der Waals surface area contributed by atoms with Gasteiger partial charge >= 0.3 is 5.97 Å². The number of carboxylic acids is 1. The first kappa shape index (κ1) is 27.2. The number of carbonyl (C=O) groups is 3. The monoisotopic (exact) mass is 581 g/mol. The predicted octanol–water partition coefficient (Wildman–Crippen LogP) is 5.17. The van der Waals surface area contributed by atoms with Crippen LogP contribution in [0.25, 0.3) is 11.1 Å². The number of aliphatic carboxylic acids is 1. The lowest BCUT2D eigenvalue weighted by atomic mass is 9.89. The van der Waals surface area contributed by atoms with Gasteiger partial charge in [-0.3, -0.25) is 19.4 Å². The van der Waals surface area contributed by atoms with Gasteiger partial charge in [-0.15, -0.1) is 11.3 Å². The molecule has 6 rings (SSSR count). The van der Waals surface area contributed by atoms with E-state index < -0.39 is 11.9 Å². The molecule has 212 valence electrons. The van der Waals surface area contributed by atoms with Crippen molar-refractivity contribution in [2.75, 3.05) is 30.4 Å². The van der Waals surface area contributed by atoms with E-state index in [0.717, 1.165) is 16.8 Å². The lowest BCUT2D eigenvalue weighted by molar-refractivity contribution is -0.141. The van der Waals surface area contributed by atoms with Gasteiger partial charge in [0.05, 0.1) is 29.1 Å². The summed E-state index contributed by atoms with van der Waals surface area (Å²) in [5, 5.41) is 14.8. The zero-order chi connectivity index (χ0) is 29.2. The number of benzene rings is 2. The Balaban J connectivity index is 1.12. The van der Waals surface area contributed by atoms with E-state index >= 15 is 0 Å². The average Bonchev–Trinajstić information content (AvgIpc) is 3.77. The number of oxazole rings is 1. The molecule has 42 heavy (non-hydrogen) atoms. The fourth-order valence-corrected chi connectivity index (χ4v) is 5.88. The van der Waals surface area contributed by atoms with E-state index in [9.17, 15) is 19.5 Å². The third-order valence-electron chi connectivity index (χ3n) is 7.46. The number of hydrogen-bond acceptors (Lipinski definition) is 8. The number of nitrogens with one attached hydrogen (secondary N) is 1. The van der Waals surface area contributed by atoms with Gasteiger partial charge in [-0.05, 0) is 59.0 Å². The minimum atomic E-state index is -0.929. The van der Waals surface area contributed by atoms with Crippen LogP contribution in [0.2, 0.25) is 0 Å². The van der Waals surface area contributed by atoms with Gasteiger partial charge in [0.25, 0.3) is 11.9 Å². The fourth-order valence-electron chi connectivity index (χ4n) is 5.19. The SMILES string of the molecule is CN(C(=O)Cc1ccc2nc(Nc3cccnc3)oc2c1)c1ccc(C2CN(C(=O)c3cccs3)CC2C(=O)O)cc1. The molecular weight excluding hydrogens is 554 g/mol. The number of nitrogens with zero attached hydrogens (tertiary/aromatic N) is 4. The minimum Gasteiger partial charge on any atom is -0.481 e. The van der Waals surface area contributed by atoms with Gasteiger partial charge in [-0.2, -0.15) is 4.98 Å². The molecular formula is C31H27N5O5S. The fraction of sp³-hybridized carbons (Fsp3) is 0.194. The molecule has 4 heterocycles. The number of carbonyl (C=O) groups excluding carboxylic acids is 2. The highest BCUT2D eigenvalue weighted by Crippen LogP contribution is 2.35. The summed E-state index contributed by atoms with van der Waals surface area (Å²) in [7, 11) is 1.71. The number of amides is 2. The van der Waals surface area contributed by atoms with E-state index in [1.165, 1.54) is 11.3 Å². The van der Waals surface area contributed by atoms with Crippen LogP contribution in [0.15, 0.2) is 88.9 Å². The molecule has 2 N–H and O–H groups in total. The molecule has 5 aromatic rings. The second-order valence-corrected chi connectivity index (χ2v) is 11.1. The van der Waals surface area contributed by atoms with Crippen LogP contribution in [-0.2, 0) is 16.0 Å². The second-order valence-electron chi connectivity index (χ2n) is 10.1. The lowest BCUT2D eigenvalue weighted by Crippen LogP contribution is -2.29. The highest BCUT2D eigenvalue weighted by atomic mass is 32.1. The van der Waals surface area contributed by atoms with Gasteiger partial charge in [-0.25, -0.2) is 0 Å². The van der Waals surface area contributed by atoms with Gasteiger partial charge in [0.15, 0.2) is 5.58 Å². The Morgan fingerprint density at radius 2 is 1.93 bits per heavy atom. The molecule has 0 saturated carbocycles. The molecule has 0 bridgehead atoms. The van der Waals surface area contributed by atoms with E-state index in [4.69, 9.17) is 4.42 Å². The smallest absolute Gasteiger partial charge is 0.308 e. The van der Waals surface area contributed by atoms with Crippen LogP contribution in [0.1, 0.15) is 26.7 Å². The molecule has 0 spiro atoms. The van der Waals surface area contributed by atoms with Crippen molar-refractivity contribution in [1.82, 2.24) is 14.9 Å². The van der Waals surface area contributed by atoms with Crippen LogP contribution < -0.4 is 10.2 Å². The molecule has 0 aliphatic carbocycles. The van der Waals surface area contributed by atoms with Crippen LogP contribution in [0.3, 0.4) is 0 Å². The number of anilines is 3. The first-order chi connectivity index (χ1) is 20.4. The van der Waals surface area contributed by atoms with Gasteiger partial charge in [-0.1, -0.05) is 24.3 Å². The van der Waals surface area contributed by atoms with Crippen molar-refractivity contribution in [2.24, 2.45) is 5.92 Å². The maximum Gasteiger partial charge on any atom is 0.308 e. The highest BCUT2D eigenvalue weighted by molar-refractivity contribution is 7.12. The molecule has 0 radical (unpaired) electrons. The van der Waals surface area contributed by atoms with Gasteiger partial charge in [0.1, 0.15) is 5.52 Å². The number of rotatable bonds is 8. The van der Waals surface area contributed by atoms with Crippen molar-refractivity contribution in [2.45, 2.75) is 12.3 Å². The first-order valence-electron chi connectivity index (χ1n) is 13.3. The Morgan fingerprint density at radius 3 is 2.64 bits per heavy atom. The van der Waals surface area contributed by atoms with Crippen LogP contribution >= 0.6 is 11.3 Å². The Morgan fingerprint density at radius 1 is 1.10 bits per heavy atom. The summed E-state index contributed by atoms with van der Waals surface area (Å²) >= 11 is 1.35. The summed E-state index contributed by atoms with van der Waals surface area (Å²) in [6, 6.07) is 20.3.